The number of aromatic amines is 1. The van der Waals surface area contributed by atoms with Gasteiger partial charge in [0.15, 0.2) is 5.03 Å². The Balaban J connectivity index is 2.23. The molecule has 0 aliphatic rings. The molecule has 0 spiro atoms. The molecule has 0 unspecified atom stereocenters. The smallest absolute Gasteiger partial charge is 0.223 e. The summed E-state index contributed by atoms with van der Waals surface area (Å²) in [6.07, 6.45) is 0. The number of H-pyrrole nitrogens is 1. The van der Waals surface area contributed by atoms with Crippen LogP contribution in [0.1, 0.15) is 5.56 Å². The predicted molar refractivity (Wildman–Crippen MR) is 80.4 cm³/mol. The van der Waals surface area contributed by atoms with Crippen molar-refractivity contribution in [3.05, 3.63) is 52.5 Å². The lowest BCUT2D eigenvalue weighted by Gasteiger charge is -2.03. The van der Waals surface area contributed by atoms with Gasteiger partial charge in [-0.25, -0.2) is 8.42 Å². The Bertz CT molecular complexity index is 883. The first-order chi connectivity index (χ1) is 9.48. The summed E-state index contributed by atoms with van der Waals surface area (Å²) in [7, 11) is -3.59. The van der Waals surface area contributed by atoms with Gasteiger partial charge in [-0.05, 0) is 37.3 Å². The molecule has 0 saturated carbocycles. The summed E-state index contributed by atoms with van der Waals surface area (Å²) in [5.41, 5.74) is 1.64. The molecule has 4 nitrogen and oxygen atoms in total. The van der Waals surface area contributed by atoms with Crippen molar-refractivity contribution in [2.24, 2.45) is 0 Å². The van der Waals surface area contributed by atoms with Gasteiger partial charge in [0.05, 0.1) is 10.4 Å². The lowest BCUT2D eigenvalue weighted by molar-refractivity contribution is 0.593. The van der Waals surface area contributed by atoms with Crippen molar-refractivity contribution in [2.45, 2.75) is 16.8 Å². The zero-order valence-corrected chi connectivity index (χ0v) is 13.0. The van der Waals surface area contributed by atoms with Crippen LogP contribution in [0.25, 0.3) is 10.9 Å². The molecule has 1 aromatic heterocycles. The highest BCUT2D eigenvalue weighted by Crippen LogP contribution is 2.28. The normalized spacial score (nSPS) is 11.9. The Morgan fingerprint density at radius 1 is 1.10 bits per heavy atom. The molecule has 1 N–H and O–H groups in total. The fraction of sp³-hybridized carbons (Fsp3) is 0.0714. The van der Waals surface area contributed by atoms with Crippen LogP contribution in [0.5, 0.6) is 0 Å². The summed E-state index contributed by atoms with van der Waals surface area (Å²) in [6, 6.07) is 12.1. The molecule has 6 heteroatoms. The maximum absolute atomic E-state index is 12.6. The van der Waals surface area contributed by atoms with E-state index in [9.17, 15) is 8.42 Å². The van der Waals surface area contributed by atoms with Crippen molar-refractivity contribution in [1.82, 2.24) is 10.2 Å². The molecule has 0 amide bonds. The predicted octanol–water partition coefficient (Wildman–Crippen LogP) is 3.47. The second kappa shape index (κ2) is 4.71. The van der Waals surface area contributed by atoms with Crippen LogP contribution in [-0.2, 0) is 9.84 Å². The minimum atomic E-state index is -3.59. The number of nitrogens with zero attached hydrogens (tertiary/aromatic N) is 1. The van der Waals surface area contributed by atoms with Gasteiger partial charge in [-0.2, -0.15) is 5.10 Å². The number of sulfone groups is 1. The van der Waals surface area contributed by atoms with Crippen LogP contribution in [0.3, 0.4) is 0 Å². The SMILES string of the molecule is Cc1ccc(S(=O)(=O)c2[nH]nc3ccc(Br)cc23)cc1. The van der Waals surface area contributed by atoms with E-state index in [1.54, 1.807) is 36.4 Å². The number of fused-ring (bicyclic) bond motifs is 1. The van der Waals surface area contributed by atoms with Crippen LogP contribution in [0.2, 0.25) is 0 Å². The van der Waals surface area contributed by atoms with Crippen LogP contribution in [0.4, 0.5) is 0 Å². The molecule has 3 rings (SSSR count). The van der Waals surface area contributed by atoms with Gasteiger partial charge in [0.1, 0.15) is 0 Å². The highest BCUT2D eigenvalue weighted by Gasteiger charge is 2.22. The minimum absolute atomic E-state index is 0.123. The second-order valence-electron chi connectivity index (χ2n) is 4.53. The zero-order chi connectivity index (χ0) is 14.3. The third-order valence-corrected chi connectivity index (χ3v) is 5.32. The molecule has 0 aliphatic carbocycles. The third-order valence-electron chi connectivity index (χ3n) is 3.08. The fourth-order valence-electron chi connectivity index (χ4n) is 2.00. The van der Waals surface area contributed by atoms with Crippen LogP contribution >= 0.6 is 15.9 Å². The molecule has 102 valence electrons. The monoisotopic (exact) mass is 350 g/mol. The molecule has 2 aromatic carbocycles. The fourth-order valence-corrected chi connectivity index (χ4v) is 3.71. The molecule has 0 bridgehead atoms. The van der Waals surface area contributed by atoms with Gasteiger partial charge in [0.2, 0.25) is 9.84 Å². The van der Waals surface area contributed by atoms with E-state index in [1.807, 2.05) is 13.0 Å². The van der Waals surface area contributed by atoms with Crippen LogP contribution in [0.15, 0.2) is 56.9 Å². The van der Waals surface area contributed by atoms with E-state index >= 15 is 0 Å². The number of benzene rings is 2. The van der Waals surface area contributed by atoms with E-state index in [0.717, 1.165) is 10.0 Å². The number of hydrogen-bond acceptors (Lipinski definition) is 3. The van der Waals surface area contributed by atoms with Gasteiger partial charge in [-0.15, -0.1) is 0 Å². The van der Waals surface area contributed by atoms with E-state index in [-0.39, 0.29) is 9.92 Å². The molecule has 0 aliphatic heterocycles. The first-order valence-electron chi connectivity index (χ1n) is 5.94. The van der Waals surface area contributed by atoms with E-state index in [0.29, 0.717) is 10.9 Å². The largest absolute Gasteiger partial charge is 0.266 e. The van der Waals surface area contributed by atoms with Crippen molar-refractivity contribution in [2.75, 3.05) is 0 Å². The third kappa shape index (κ3) is 2.14. The molecule has 0 radical (unpaired) electrons. The molecule has 0 saturated heterocycles. The van der Waals surface area contributed by atoms with Crippen molar-refractivity contribution >= 4 is 36.7 Å². The molecule has 0 atom stereocenters. The summed E-state index contributed by atoms with van der Waals surface area (Å²) in [5, 5.41) is 7.39. The minimum Gasteiger partial charge on any atom is -0.266 e. The Hall–Kier alpha value is -1.66. The number of aromatic nitrogens is 2. The molecular formula is C14H11BrN2O2S. The van der Waals surface area contributed by atoms with Gasteiger partial charge in [-0.3, -0.25) is 5.10 Å². The Morgan fingerprint density at radius 3 is 2.50 bits per heavy atom. The number of halogens is 1. The summed E-state index contributed by atoms with van der Waals surface area (Å²) < 4.78 is 26.1. The van der Waals surface area contributed by atoms with Crippen LogP contribution in [0, 0.1) is 6.92 Å². The average Bonchev–Trinajstić information content (AvgIpc) is 2.82. The lowest BCUT2D eigenvalue weighted by atomic mass is 10.2. The van der Waals surface area contributed by atoms with Crippen LogP contribution < -0.4 is 0 Å². The summed E-state index contributed by atoms with van der Waals surface area (Å²) in [4.78, 5) is 0.258. The van der Waals surface area contributed by atoms with Crippen molar-refractivity contribution in [1.29, 1.82) is 0 Å². The molecule has 0 fully saturated rings. The number of aryl methyl sites for hydroxylation is 1. The van der Waals surface area contributed by atoms with Gasteiger partial charge in [-0.1, -0.05) is 33.6 Å². The van der Waals surface area contributed by atoms with E-state index < -0.39 is 9.84 Å². The van der Waals surface area contributed by atoms with Gasteiger partial charge in [0.25, 0.3) is 0 Å². The van der Waals surface area contributed by atoms with E-state index in [1.165, 1.54) is 0 Å². The Morgan fingerprint density at radius 2 is 1.80 bits per heavy atom. The molecular weight excluding hydrogens is 340 g/mol. The summed E-state index contributed by atoms with van der Waals surface area (Å²) >= 11 is 3.35. The van der Waals surface area contributed by atoms with Gasteiger partial charge < -0.3 is 0 Å². The first kappa shape index (κ1) is 13.3. The van der Waals surface area contributed by atoms with Crippen LogP contribution in [-0.4, -0.2) is 18.6 Å². The maximum atomic E-state index is 12.6. The summed E-state index contributed by atoms with van der Waals surface area (Å²) in [5.74, 6) is 0. The highest BCUT2D eigenvalue weighted by atomic mass is 79.9. The summed E-state index contributed by atoms with van der Waals surface area (Å²) in [6.45, 7) is 1.92. The molecule has 3 aromatic rings. The highest BCUT2D eigenvalue weighted by molar-refractivity contribution is 9.10. The number of rotatable bonds is 2. The van der Waals surface area contributed by atoms with Gasteiger partial charge >= 0.3 is 0 Å². The van der Waals surface area contributed by atoms with Crippen molar-refractivity contribution in [3.63, 3.8) is 0 Å². The topological polar surface area (TPSA) is 62.8 Å². The first-order valence-corrected chi connectivity index (χ1v) is 8.21. The van der Waals surface area contributed by atoms with Crippen molar-refractivity contribution < 1.29 is 8.42 Å². The lowest BCUT2D eigenvalue weighted by Crippen LogP contribution is -2.03. The number of hydrogen-bond donors (Lipinski definition) is 1. The number of nitrogens with one attached hydrogen (secondary N) is 1. The average molecular weight is 351 g/mol. The Kier molecular flexibility index (Phi) is 3.14. The molecule has 20 heavy (non-hydrogen) atoms. The quantitative estimate of drug-likeness (QED) is 0.769. The second-order valence-corrected chi connectivity index (χ2v) is 7.33. The van der Waals surface area contributed by atoms with Gasteiger partial charge in [0, 0.05) is 9.86 Å². The Labute approximate surface area is 124 Å². The maximum Gasteiger partial charge on any atom is 0.223 e. The standard InChI is InChI=1S/C14H11BrN2O2S/c1-9-2-5-11(6-3-9)20(18,19)14-12-8-10(15)4-7-13(12)16-17-14/h2-8H,1H3,(H,16,17). The zero-order valence-electron chi connectivity index (χ0n) is 10.6. The molecule has 1 heterocycles. The van der Waals surface area contributed by atoms with E-state index in [2.05, 4.69) is 26.1 Å². The van der Waals surface area contributed by atoms with E-state index in [4.69, 9.17) is 0 Å². The van der Waals surface area contributed by atoms with Crippen molar-refractivity contribution in [3.8, 4) is 0 Å².